The number of halogens is 1. The lowest BCUT2D eigenvalue weighted by Crippen LogP contribution is -2.48. The van der Waals surface area contributed by atoms with Crippen molar-refractivity contribution >= 4 is 21.6 Å². The molecule has 1 amide bonds. The third-order valence-corrected chi connectivity index (χ3v) is 5.92. The van der Waals surface area contributed by atoms with Crippen LogP contribution in [0.2, 0.25) is 0 Å². The topological polar surface area (TPSA) is 96.6 Å². The summed E-state index contributed by atoms with van der Waals surface area (Å²) in [5.74, 6) is -0.377. The number of nitrogens with zero attached hydrogens (tertiary/aromatic N) is 4. The van der Waals surface area contributed by atoms with Gasteiger partial charge >= 0.3 is 0 Å². The number of hydrogen-bond donors (Lipinski definition) is 0. The fourth-order valence-corrected chi connectivity index (χ4v) is 4.30. The van der Waals surface area contributed by atoms with Crippen molar-refractivity contribution in [3.8, 4) is 11.4 Å². The van der Waals surface area contributed by atoms with E-state index in [1.807, 2.05) is 31.2 Å². The van der Waals surface area contributed by atoms with Crippen molar-refractivity contribution in [2.45, 2.75) is 26.4 Å². The Morgan fingerprint density at radius 1 is 1.13 bits per heavy atom. The predicted octanol–water partition coefficient (Wildman–Crippen LogP) is 3.00. The molecule has 164 valence electrons. The molecule has 1 aromatic heterocycles. The molecule has 0 fully saturated rings. The standard InChI is InChI=1S/C21H23FN4O4S/c1-14-5-7-16(8-6-14)20-23-19(30-24-20)13-25(3)21(27)15(2)26(31(4,28)29)18-11-9-17(22)10-12-18/h5-12,15H,13H2,1-4H3. The molecule has 0 radical (unpaired) electrons. The molecular weight excluding hydrogens is 423 g/mol. The van der Waals surface area contributed by atoms with Crippen LogP contribution in [0.5, 0.6) is 0 Å². The minimum Gasteiger partial charge on any atom is -0.337 e. The molecular formula is C21H23FN4O4S. The number of hydrogen-bond acceptors (Lipinski definition) is 6. The minimum atomic E-state index is -3.80. The highest BCUT2D eigenvalue weighted by Crippen LogP contribution is 2.22. The van der Waals surface area contributed by atoms with Crippen molar-refractivity contribution < 1.29 is 22.1 Å². The average Bonchev–Trinajstić information content (AvgIpc) is 3.17. The second-order valence-electron chi connectivity index (χ2n) is 7.28. The summed E-state index contributed by atoms with van der Waals surface area (Å²) in [6.07, 6.45) is 0.992. The summed E-state index contributed by atoms with van der Waals surface area (Å²) in [4.78, 5) is 18.6. The van der Waals surface area contributed by atoms with E-state index in [0.29, 0.717) is 5.82 Å². The normalized spacial score (nSPS) is 12.4. The highest BCUT2D eigenvalue weighted by atomic mass is 32.2. The number of rotatable bonds is 7. The van der Waals surface area contributed by atoms with Crippen LogP contribution in [-0.4, -0.2) is 48.7 Å². The Bertz CT molecular complexity index is 1160. The summed E-state index contributed by atoms with van der Waals surface area (Å²) in [6.45, 7) is 3.44. The lowest BCUT2D eigenvalue weighted by molar-refractivity contribution is -0.131. The van der Waals surface area contributed by atoms with E-state index in [4.69, 9.17) is 4.52 Å². The molecule has 0 saturated carbocycles. The lowest BCUT2D eigenvalue weighted by atomic mass is 10.1. The Hall–Kier alpha value is -3.27. The first-order valence-electron chi connectivity index (χ1n) is 9.46. The van der Waals surface area contributed by atoms with Gasteiger partial charge in [-0.15, -0.1) is 0 Å². The third kappa shape index (κ3) is 5.26. The van der Waals surface area contributed by atoms with Crippen LogP contribution in [0.15, 0.2) is 53.1 Å². The molecule has 0 spiro atoms. The van der Waals surface area contributed by atoms with Crippen LogP contribution in [0.25, 0.3) is 11.4 Å². The second-order valence-corrected chi connectivity index (χ2v) is 9.14. The van der Waals surface area contributed by atoms with Crippen molar-refractivity contribution in [2.75, 3.05) is 17.6 Å². The van der Waals surface area contributed by atoms with Gasteiger partial charge in [-0.1, -0.05) is 35.0 Å². The average molecular weight is 447 g/mol. The lowest BCUT2D eigenvalue weighted by Gasteiger charge is -2.30. The largest absolute Gasteiger partial charge is 0.337 e. The fraction of sp³-hybridized carbons (Fsp3) is 0.286. The maximum atomic E-state index is 13.3. The van der Waals surface area contributed by atoms with Crippen LogP contribution >= 0.6 is 0 Å². The van der Waals surface area contributed by atoms with E-state index in [9.17, 15) is 17.6 Å². The van der Waals surface area contributed by atoms with Gasteiger partial charge in [-0.3, -0.25) is 9.10 Å². The number of carbonyl (C=O) groups excluding carboxylic acids is 1. The molecule has 0 aliphatic heterocycles. The Kier molecular flexibility index (Phi) is 6.40. The molecule has 3 aromatic rings. The van der Waals surface area contributed by atoms with E-state index in [-0.39, 0.29) is 18.1 Å². The number of sulfonamides is 1. The molecule has 10 heteroatoms. The first kappa shape index (κ1) is 22.4. The summed E-state index contributed by atoms with van der Waals surface area (Å²) in [5.41, 5.74) is 2.07. The number of aryl methyl sites for hydroxylation is 1. The summed E-state index contributed by atoms with van der Waals surface area (Å²) < 4.78 is 44.2. The van der Waals surface area contributed by atoms with E-state index < -0.39 is 27.8 Å². The van der Waals surface area contributed by atoms with Crippen molar-refractivity contribution in [1.29, 1.82) is 0 Å². The Morgan fingerprint density at radius 3 is 2.32 bits per heavy atom. The Morgan fingerprint density at radius 2 is 1.74 bits per heavy atom. The first-order valence-corrected chi connectivity index (χ1v) is 11.3. The van der Waals surface area contributed by atoms with Gasteiger partial charge in [0.15, 0.2) is 0 Å². The van der Waals surface area contributed by atoms with E-state index >= 15 is 0 Å². The van der Waals surface area contributed by atoms with Gasteiger partial charge in [-0.25, -0.2) is 12.8 Å². The number of likely N-dealkylation sites (N-methyl/N-ethyl adjacent to an activating group) is 1. The van der Waals surface area contributed by atoms with Crippen molar-refractivity contribution in [1.82, 2.24) is 15.0 Å². The van der Waals surface area contributed by atoms with Crippen molar-refractivity contribution in [2.24, 2.45) is 0 Å². The molecule has 0 aliphatic carbocycles. The van der Waals surface area contributed by atoms with Crippen molar-refractivity contribution in [3.63, 3.8) is 0 Å². The smallest absolute Gasteiger partial charge is 0.246 e. The molecule has 0 N–H and O–H groups in total. The van der Waals surface area contributed by atoms with Gasteiger partial charge in [0.1, 0.15) is 11.9 Å². The minimum absolute atomic E-state index is 0.00303. The summed E-state index contributed by atoms with van der Waals surface area (Å²) >= 11 is 0. The van der Waals surface area contributed by atoms with E-state index in [1.54, 1.807) is 0 Å². The van der Waals surface area contributed by atoms with E-state index in [0.717, 1.165) is 33.8 Å². The molecule has 1 heterocycles. The predicted molar refractivity (Wildman–Crippen MR) is 114 cm³/mol. The number of amides is 1. The van der Waals surface area contributed by atoms with Crippen LogP contribution < -0.4 is 4.31 Å². The van der Waals surface area contributed by atoms with Gasteiger partial charge in [0.25, 0.3) is 0 Å². The molecule has 31 heavy (non-hydrogen) atoms. The van der Waals surface area contributed by atoms with Crippen LogP contribution in [0.1, 0.15) is 18.4 Å². The molecule has 1 unspecified atom stereocenters. The number of benzene rings is 2. The van der Waals surface area contributed by atoms with Gasteiger partial charge in [0.2, 0.25) is 27.6 Å². The van der Waals surface area contributed by atoms with E-state index in [1.165, 1.54) is 31.0 Å². The van der Waals surface area contributed by atoms with Crippen LogP contribution in [0.4, 0.5) is 10.1 Å². The first-order chi connectivity index (χ1) is 14.6. The molecule has 0 bridgehead atoms. The Balaban J connectivity index is 1.76. The zero-order chi connectivity index (χ0) is 22.8. The zero-order valence-electron chi connectivity index (χ0n) is 17.6. The second kappa shape index (κ2) is 8.84. The molecule has 8 nitrogen and oxygen atoms in total. The van der Waals surface area contributed by atoms with Gasteiger partial charge in [-0.2, -0.15) is 4.98 Å². The Labute approximate surface area is 180 Å². The third-order valence-electron chi connectivity index (χ3n) is 4.67. The van der Waals surface area contributed by atoms with Crippen LogP contribution in [0, 0.1) is 12.7 Å². The number of carbonyl (C=O) groups is 1. The molecule has 3 rings (SSSR count). The van der Waals surface area contributed by atoms with Crippen LogP contribution in [-0.2, 0) is 21.4 Å². The monoisotopic (exact) mass is 446 g/mol. The highest BCUT2D eigenvalue weighted by Gasteiger charge is 2.31. The van der Waals surface area contributed by atoms with Gasteiger partial charge in [0, 0.05) is 12.6 Å². The maximum absolute atomic E-state index is 13.3. The number of aromatic nitrogens is 2. The fourth-order valence-electron chi connectivity index (χ4n) is 3.13. The summed E-state index contributed by atoms with van der Waals surface area (Å²) in [7, 11) is -2.29. The molecule has 0 saturated heterocycles. The molecule has 2 aromatic carbocycles. The quantitative estimate of drug-likeness (QED) is 0.554. The molecule has 0 aliphatic rings. The highest BCUT2D eigenvalue weighted by molar-refractivity contribution is 7.92. The molecule has 1 atom stereocenters. The van der Waals surface area contributed by atoms with Gasteiger partial charge in [-0.05, 0) is 38.1 Å². The van der Waals surface area contributed by atoms with Gasteiger partial charge < -0.3 is 9.42 Å². The summed E-state index contributed by atoms with van der Waals surface area (Å²) in [6, 6.07) is 11.4. The summed E-state index contributed by atoms with van der Waals surface area (Å²) in [5, 5.41) is 3.94. The maximum Gasteiger partial charge on any atom is 0.246 e. The van der Waals surface area contributed by atoms with Gasteiger partial charge in [0.05, 0.1) is 18.5 Å². The zero-order valence-corrected chi connectivity index (χ0v) is 18.4. The SMILES string of the molecule is Cc1ccc(-c2noc(CN(C)C(=O)C(C)N(c3ccc(F)cc3)S(C)(=O)=O)n2)cc1. The van der Waals surface area contributed by atoms with Crippen LogP contribution in [0.3, 0.4) is 0 Å². The number of anilines is 1. The van der Waals surface area contributed by atoms with E-state index in [2.05, 4.69) is 10.1 Å². The van der Waals surface area contributed by atoms with Crippen molar-refractivity contribution in [3.05, 3.63) is 65.8 Å².